The zero-order chi connectivity index (χ0) is 18.4. The van der Waals surface area contributed by atoms with Crippen molar-refractivity contribution in [2.45, 2.75) is 45.9 Å². The van der Waals surface area contributed by atoms with Gasteiger partial charge in [-0.1, -0.05) is 0 Å². The molecule has 0 saturated carbocycles. The third-order valence-electron chi connectivity index (χ3n) is 4.33. The number of aliphatic carboxylic acids is 1. The zero-order valence-electron chi connectivity index (χ0n) is 15.1. The molecule has 0 unspecified atom stereocenters. The van der Waals surface area contributed by atoms with Crippen LogP contribution in [0, 0.1) is 5.92 Å². The third kappa shape index (κ3) is 4.99. The number of piperidine rings is 1. The van der Waals surface area contributed by atoms with Crippen molar-refractivity contribution >= 4 is 11.9 Å². The minimum absolute atomic E-state index is 0.110. The summed E-state index contributed by atoms with van der Waals surface area (Å²) in [7, 11) is 1.65. The number of hydrogen-bond donors (Lipinski definition) is 2. The second-order valence-electron chi connectivity index (χ2n) is 6.47. The average molecular weight is 353 g/mol. The Labute approximate surface area is 147 Å². The van der Waals surface area contributed by atoms with Crippen LogP contribution in [0.5, 0.6) is 0 Å². The van der Waals surface area contributed by atoms with E-state index in [0.29, 0.717) is 13.2 Å². The lowest BCUT2D eigenvalue weighted by molar-refractivity contribution is -0.138. The summed E-state index contributed by atoms with van der Waals surface area (Å²) >= 11 is 0. The first-order chi connectivity index (χ1) is 11.9. The van der Waals surface area contributed by atoms with Crippen molar-refractivity contribution in [3.63, 3.8) is 0 Å². The van der Waals surface area contributed by atoms with Gasteiger partial charge in [-0.2, -0.15) is 0 Å². The Balaban J connectivity index is 0.000000511. The van der Waals surface area contributed by atoms with Gasteiger partial charge in [0.15, 0.2) is 11.6 Å². The SMILES string of the molecule is CC(=O)O.COCc1nnc2n1[C@@H](C)CN(C(=O)[C@H]1CCCNC1)C2. The Morgan fingerprint density at radius 2 is 2.12 bits per heavy atom. The molecule has 0 spiro atoms. The first-order valence-corrected chi connectivity index (χ1v) is 8.54. The van der Waals surface area contributed by atoms with E-state index in [2.05, 4.69) is 27.0 Å². The molecule has 140 valence electrons. The molecule has 9 nitrogen and oxygen atoms in total. The van der Waals surface area contributed by atoms with E-state index in [1.54, 1.807) is 7.11 Å². The van der Waals surface area contributed by atoms with Crippen molar-refractivity contribution in [1.29, 1.82) is 0 Å². The second kappa shape index (κ2) is 8.91. The molecular weight excluding hydrogens is 326 g/mol. The normalized spacial score (nSPS) is 22.6. The molecule has 3 heterocycles. The van der Waals surface area contributed by atoms with Crippen molar-refractivity contribution < 1.29 is 19.4 Å². The quantitative estimate of drug-likeness (QED) is 0.810. The Bertz CT molecular complexity index is 593. The molecule has 2 aliphatic rings. The maximum Gasteiger partial charge on any atom is 0.300 e. The van der Waals surface area contributed by atoms with Crippen LogP contribution in [-0.2, 0) is 27.5 Å². The molecule has 1 fully saturated rings. The molecule has 25 heavy (non-hydrogen) atoms. The maximum absolute atomic E-state index is 12.6. The molecular formula is C16H27N5O4. The van der Waals surface area contributed by atoms with Crippen LogP contribution in [0.4, 0.5) is 0 Å². The molecule has 2 N–H and O–H groups in total. The van der Waals surface area contributed by atoms with Crippen LogP contribution in [-0.4, -0.2) is 63.4 Å². The van der Waals surface area contributed by atoms with Gasteiger partial charge in [0.1, 0.15) is 6.61 Å². The van der Waals surface area contributed by atoms with E-state index in [4.69, 9.17) is 14.6 Å². The predicted molar refractivity (Wildman–Crippen MR) is 89.8 cm³/mol. The summed E-state index contributed by atoms with van der Waals surface area (Å²) < 4.78 is 7.26. The third-order valence-corrected chi connectivity index (χ3v) is 4.33. The molecule has 3 rings (SSSR count). The lowest BCUT2D eigenvalue weighted by Gasteiger charge is -2.35. The molecule has 0 aliphatic carbocycles. The number of carboxylic acids is 1. The van der Waals surface area contributed by atoms with Crippen molar-refractivity contribution in [2.75, 3.05) is 26.7 Å². The summed E-state index contributed by atoms with van der Waals surface area (Å²) in [6.45, 7) is 6.73. The number of fused-ring (bicyclic) bond motifs is 1. The van der Waals surface area contributed by atoms with Gasteiger partial charge in [0.2, 0.25) is 5.91 Å². The number of nitrogens with zero attached hydrogens (tertiary/aromatic N) is 4. The number of rotatable bonds is 3. The lowest BCUT2D eigenvalue weighted by atomic mass is 9.97. The summed E-state index contributed by atoms with van der Waals surface area (Å²) in [4.78, 5) is 23.6. The van der Waals surface area contributed by atoms with Crippen LogP contribution in [0.3, 0.4) is 0 Å². The highest BCUT2D eigenvalue weighted by atomic mass is 16.5. The van der Waals surface area contributed by atoms with Gasteiger partial charge in [0.05, 0.1) is 18.5 Å². The fraction of sp³-hybridized carbons (Fsp3) is 0.750. The predicted octanol–water partition coefficient (Wildman–Crippen LogP) is 0.418. The van der Waals surface area contributed by atoms with Gasteiger partial charge in [0, 0.05) is 27.1 Å². The number of hydrogen-bond acceptors (Lipinski definition) is 6. The fourth-order valence-electron chi connectivity index (χ4n) is 3.33. The average Bonchev–Trinajstić information content (AvgIpc) is 2.98. The van der Waals surface area contributed by atoms with Gasteiger partial charge < -0.3 is 24.6 Å². The summed E-state index contributed by atoms with van der Waals surface area (Å²) in [6.07, 6.45) is 2.06. The van der Waals surface area contributed by atoms with Crippen molar-refractivity contribution in [2.24, 2.45) is 5.92 Å². The van der Waals surface area contributed by atoms with Crippen LogP contribution in [0.1, 0.15) is 44.4 Å². The number of methoxy groups -OCH3 is 1. The Hall–Kier alpha value is -2.00. The van der Waals surface area contributed by atoms with Gasteiger partial charge >= 0.3 is 0 Å². The minimum atomic E-state index is -0.833. The number of amides is 1. The van der Waals surface area contributed by atoms with E-state index < -0.39 is 5.97 Å². The minimum Gasteiger partial charge on any atom is -0.481 e. The molecule has 0 radical (unpaired) electrons. The number of carboxylic acid groups (broad SMARTS) is 1. The largest absolute Gasteiger partial charge is 0.481 e. The zero-order valence-corrected chi connectivity index (χ0v) is 15.1. The monoisotopic (exact) mass is 353 g/mol. The van der Waals surface area contributed by atoms with E-state index in [-0.39, 0.29) is 17.9 Å². The number of ether oxygens (including phenoxy) is 1. The molecule has 1 amide bonds. The number of carbonyl (C=O) groups excluding carboxylic acids is 1. The summed E-state index contributed by atoms with van der Waals surface area (Å²) in [5, 5.41) is 19.1. The highest BCUT2D eigenvalue weighted by molar-refractivity contribution is 5.79. The van der Waals surface area contributed by atoms with Gasteiger partial charge in [-0.05, 0) is 26.3 Å². The van der Waals surface area contributed by atoms with Crippen molar-refractivity contribution in [3.8, 4) is 0 Å². The first-order valence-electron chi connectivity index (χ1n) is 8.54. The highest BCUT2D eigenvalue weighted by Gasteiger charge is 2.32. The highest BCUT2D eigenvalue weighted by Crippen LogP contribution is 2.24. The van der Waals surface area contributed by atoms with Crippen molar-refractivity contribution in [3.05, 3.63) is 11.6 Å². The molecule has 0 aromatic carbocycles. The Kier molecular flexibility index (Phi) is 6.89. The van der Waals surface area contributed by atoms with Gasteiger partial charge in [0.25, 0.3) is 5.97 Å². The number of nitrogens with one attached hydrogen (secondary N) is 1. The Morgan fingerprint density at radius 1 is 1.40 bits per heavy atom. The van der Waals surface area contributed by atoms with E-state index in [9.17, 15) is 4.79 Å². The summed E-state index contributed by atoms with van der Waals surface area (Å²) in [6, 6.07) is 0.189. The Morgan fingerprint density at radius 3 is 2.72 bits per heavy atom. The van der Waals surface area contributed by atoms with Crippen LogP contribution in [0.15, 0.2) is 0 Å². The number of aromatic nitrogens is 3. The molecule has 0 bridgehead atoms. The lowest BCUT2D eigenvalue weighted by Crippen LogP contribution is -2.47. The molecule has 1 aromatic heterocycles. The van der Waals surface area contributed by atoms with Crippen LogP contribution in [0.25, 0.3) is 0 Å². The van der Waals surface area contributed by atoms with Crippen LogP contribution in [0.2, 0.25) is 0 Å². The summed E-state index contributed by atoms with van der Waals surface area (Å²) in [5.74, 6) is 1.22. The number of carbonyl (C=O) groups is 2. The molecule has 1 saturated heterocycles. The van der Waals surface area contributed by atoms with E-state index >= 15 is 0 Å². The van der Waals surface area contributed by atoms with E-state index in [1.807, 2.05) is 4.90 Å². The summed E-state index contributed by atoms with van der Waals surface area (Å²) in [5.41, 5.74) is 0. The van der Waals surface area contributed by atoms with Gasteiger partial charge in [-0.25, -0.2) is 0 Å². The van der Waals surface area contributed by atoms with Crippen LogP contribution >= 0.6 is 0 Å². The van der Waals surface area contributed by atoms with Crippen molar-refractivity contribution in [1.82, 2.24) is 25.0 Å². The topological polar surface area (TPSA) is 110 Å². The van der Waals surface area contributed by atoms with E-state index in [1.165, 1.54) is 0 Å². The molecule has 2 atom stereocenters. The van der Waals surface area contributed by atoms with Crippen LogP contribution < -0.4 is 5.32 Å². The smallest absolute Gasteiger partial charge is 0.300 e. The van der Waals surface area contributed by atoms with E-state index in [0.717, 1.165) is 51.0 Å². The molecule has 9 heteroatoms. The standard InChI is InChI=1S/C14H23N5O2.C2H4O2/c1-10-7-18(14(20)11-4-3-5-15-6-11)8-12-16-17-13(9-21-2)19(10)12;1-2(3)4/h10-11,15H,3-9H2,1-2H3;1H3,(H,3,4)/t10-,11-;/m0./s1. The maximum atomic E-state index is 12.6. The molecule has 1 aromatic rings. The second-order valence-corrected chi connectivity index (χ2v) is 6.47. The van der Waals surface area contributed by atoms with Gasteiger partial charge in [-0.15, -0.1) is 10.2 Å². The fourth-order valence-corrected chi connectivity index (χ4v) is 3.33. The first kappa shape index (κ1) is 19.3. The molecule has 2 aliphatic heterocycles. The van der Waals surface area contributed by atoms with Gasteiger partial charge in [-0.3, -0.25) is 9.59 Å².